The molecule has 0 saturated carbocycles. The summed E-state index contributed by atoms with van der Waals surface area (Å²) in [6.07, 6.45) is 28.9. The van der Waals surface area contributed by atoms with E-state index in [4.69, 9.17) is 0 Å². The topological polar surface area (TPSA) is 0 Å². The van der Waals surface area contributed by atoms with Gasteiger partial charge in [0.05, 0.1) is 0 Å². The van der Waals surface area contributed by atoms with Crippen molar-refractivity contribution in [3.8, 4) is 22.3 Å². The fourth-order valence-corrected chi connectivity index (χ4v) is 10.2. The molecule has 0 aromatic heterocycles. The smallest absolute Gasteiger partial charge is 0.00842 e. The van der Waals surface area contributed by atoms with Gasteiger partial charge in [-0.3, -0.25) is 0 Å². The standard InChI is InChI=1S/C46H50.C17H20/c1-7-9-10-17-38(15-8-2)41-30-42(39-25-21-33(3)22-26-39)32-43(31-41)40-27-23-37(24-28-40)29-35(5)36(6)45-19-13-14-20-46(45)44-18-12-11-16-34(44)4;1-12-11-13(2)15-8-4-6-10-17(15)16-9-5-3-7-14(12)16/h7,9-14,16-28,30-32,34-36,44H,1,8,15,29H2,2-6H3;3-5,7-9,12-13H,6,10-11H2,1-2H3/b10-9-,38-17+;. The fourth-order valence-electron chi connectivity index (χ4n) is 10.2. The highest BCUT2D eigenvalue weighted by Gasteiger charge is 2.26. The molecule has 322 valence electrons. The summed E-state index contributed by atoms with van der Waals surface area (Å²) >= 11 is 0. The van der Waals surface area contributed by atoms with Gasteiger partial charge in [0.1, 0.15) is 0 Å². The number of hydrogen-bond acceptors (Lipinski definition) is 0. The summed E-state index contributed by atoms with van der Waals surface area (Å²) < 4.78 is 0. The van der Waals surface area contributed by atoms with E-state index in [0.717, 1.165) is 19.3 Å². The lowest BCUT2D eigenvalue weighted by molar-refractivity contribution is 0.478. The van der Waals surface area contributed by atoms with E-state index >= 15 is 0 Å². The second-order valence-corrected chi connectivity index (χ2v) is 18.7. The maximum absolute atomic E-state index is 3.85. The Morgan fingerprint density at radius 1 is 0.730 bits per heavy atom. The van der Waals surface area contributed by atoms with Crippen molar-refractivity contribution in [2.45, 2.75) is 105 Å². The van der Waals surface area contributed by atoms with Gasteiger partial charge in [-0.2, -0.15) is 0 Å². The van der Waals surface area contributed by atoms with Crippen LogP contribution in [0.3, 0.4) is 0 Å². The highest BCUT2D eigenvalue weighted by molar-refractivity contribution is 5.81. The number of benzene rings is 5. The van der Waals surface area contributed by atoms with Crippen molar-refractivity contribution >= 4 is 11.1 Å². The van der Waals surface area contributed by atoms with Crippen LogP contribution in [-0.4, -0.2) is 0 Å². The molecule has 3 aliphatic rings. The van der Waals surface area contributed by atoms with E-state index in [2.05, 4.69) is 219 Å². The molecule has 6 atom stereocenters. The monoisotopic (exact) mass is 827 g/mol. The van der Waals surface area contributed by atoms with Crippen molar-refractivity contribution in [3.05, 3.63) is 227 Å². The van der Waals surface area contributed by atoms with Crippen LogP contribution in [0.4, 0.5) is 0 Å². The summed E-state index contributed by atoms with van der Waals surface area (Å²) in [6, 6.07) is 43.4. The molecule has 0 spiro atoms. The van der Waals surface area contributed by atoms with Crippen LogP contribution in [0, 0.1) is 24.7 Å². The molecular weight excluding hydrogens is 757 g/mol. The van der Waals surface area contributed by atoms with E-state index in [-0.39, 0.29) is 0 Å². The van der Waals surface area contributed by atoms with E-state index in [9.17, 15) is 0 Å². The summed E-state index contributed by atoms with van der Waals surface area (Å²) in [5.74, 6) is 3.33. The zero-order valence-electron chi connectivity index (χ0n) is 39.2. The Hall–Kier alpha value is -5.72. The van der Waals surface area contributed by atoms with Crippen molar-refractivity contribution < 1.29 is 0 Å². The molecule has 0 fully saturated rings. The molecule has 0 radical (unpaired) electrons. The molecule has 0 aliphatic heterocycles. The van der Waals surface area contributed by atoms with Gasteiger partial charge in [0, 0.05) is 5.92 Å². The highest BCUT2D eigenvalue weighted by atomic mass is 14.3. The Labute approximate surface area is 381 Å². The van der Waals surface area contributed by atoms with Gasteiger partial charge in [-0.1, -0.05) is 218 Å². The molecule has 3 aliphatic carbocycles. The summed E-state index contributed by atoms with van der Waals surface area (Å²) in [4.78, 5) is 0. The van der Waals surface area contributed by atoms with Gasteiger partial charge in [0.15, 0.2) is 0 Å². The zero-order chi connectivity index (χ0) is 44.3. The summed E-state index contributed by atoms with van der Waals surface area (Å²) in [5.41, 5.74) is 19.6. The van der Waals surface area contributed by atoms with Crippen LogP contribution in [0.25, 0.3) is 33.4 Å². The Bertz CT molecular complexity index is 2510. The molecular formula is C63H70. The Morgan fingerprint density at radius 3 is 2.10 bits per heavy atom. The molecule has 0 N–H and O–H groups in total. The summed E-state index contributed by atoms with van der Waals surface area (Å²) in [6.45, 7) is 20.2. The van der Waals surface area contributed by atoms with Gasteiger partial charge in [0.2, 0.25) is 0 Å². The molecule has 0 bridgehead atoms. The Morgan fingerprint density at radius 2 is 1.40 bits per heavy atom. The minimum Gasteiger partial charge on any atom is -0.0991 e. The van der Waals surface area contributed by atoms with Crippen LogP contribution >= 0.6 is 0 Å². The minimum atomic E-state index is 0.446. The predicted molar refractivity (Wildman–Crippen MR) is 276 cm³/mol. The van der Waals surface area contributed by atoms with Gasteiger partial charge < -0.3 is 0 Å². The van der Waals surface area contributed by atoms with Crippen LogP contribution in [0.1, 0.15) is 130 Å². The molecule has 63 heavy (non-hydrogen) atoms. The first-order valence-corrected chi connectivity index (χ1v) is 23.9. The van der Waals surface area contributed by atoms with Crippen LogP contribution in [-0.2, 0) is 6.42 Å². The fraction of sp³-hybridized carbons (Fsp3) is 0.302. The van der Waals surface area contributed by atoms with E-state index in [0.29, 0.717) is 35.5 Å². The Kier molecular flexibility index (Phi) is 15.5. The Balaban J connectivity index is 0.000000289. The number of allylic oxidation sites excluding steroid dienone is 13. The van der Waals surface area contributed by atoms with E-state index in [1.165, 1.54) is 80.5 Å². The second-order valence-electron chi connectivity index (χ2n) is 18.7. The van der Waals surface area contributed by atoms with Crippen molar-refractivity contribution in [1.82, 2.24) is 0 Å². The third-order valence-electron chi connectivity index (χ3n) is 14.0. The predicted octanol–water partition coefficient (Wildman–Crippen LogP) is 18.0. The van der Waals surface area contributed by atoms with E-state index in [1.54, 1.807) is 16.7 Å². The van der Waals surface area contributed by atoms with E-state index < -0.39 is 0 Å². The lowest BCUT2D eigenvalue weighted by atomic mass is 9.76. The largest absolute Gasteiger partial charge is 0.0991 e. The van der Waals surface area contributed by atoms with Crippen molar-refractivity contribution in [3.63, 3.8) is 0 Å². The average Bonchev–Trinajstić information content (AvgIpc) is 3.42. The molecule has 0 amide bonds. The first-order valence-electron chi connectivity index (χ1n) is 23.9. The van der Waals surface area contributed by atoms with Gasteiger partial charge in [-0.25, -0.2) is 0 Å². The van der Waals surface area contributed by atoms with Gasteiger partial charge in [-0.05, 0) is 159 Å². The first kappa shape index (κ1) is 45.3. The quantitative estimate of drug-likeness (QED) is 0.110. The van der Waals surface area contributed by atoms with E-state index in [1.807, 2.05) is 12.2 Å². The van der Waals surface area contributed by atoms with Crippen molar-refractivity contribution in [2.75, 3.05) is 0 Å². The lowest BCUT2D eigenvalue weighted by Crippen LogP contribution is -2.15. The highest BCUT2D eigenvalue weighted by Crippen LogP contribution is 2.43. The normalized spacial score (nSPS) is 20.3. The minimum absolute atomic E-state index is 0.446. The molecule has 0 heterocycles. The van der Waals surface area contributed by atoms with Gasteiger partial charge in [-0.15, -0.1) is 0 Å². The molecule has 5 aromatic carbocycles. The van der Waals surface area contributed by atoms with Gasteiger partial charge >= 0.3 is 0 Å². The third kappa shape index (κ3) is 11.1. The maximum Gasteiger partial charge on any atom is 0.00842 e. The van der Waals surface area contributed by atoms with Crippen LogP contribution in [0.5, 0.6) is 0 Å². The molecule has 6 unspecified atom stereocenters. The van der Waals surface area contributed by atoms with Gasteiger partial charge in [0.25, 0.3) is 0 Å². The molecule has 0 saturated heterocycles. The van der Waals surface area contributed by atoms with Crippen LogP contribution in [0.15, 0.2) is 188 Å². The number of hydrogen-bond donors (Lipinski definition) is 0. The lowest BCUT2D eigenvalue weighted by Gasteiger charge is -2.28. The van der Waals surface area contributed by atoms with Crippen molar-refractivity contribution in [2.24, 2.45) is 17.8 Å². The van der Waals surface area contributed by atoms with Crippen LogP contribution < -0.4 is 0 Å². The second kappa shape index (κ2) is 21.6. The SMILES string of the molecule is C=C/C=C\C=C(/CCC)c1cc(-c2ccc(C)cc2)cc(-c2ccc(CC(C)C(C)c3ccccc3C3C=CC=CC3C)cc2)c1.CC1CC(C)c2ccccc2C2=C1C=CCC2. The van der Waals surface area contributed by atoms with Crippen LogP contribution in [0.2, 0.25) is 0 Å². The number of aryl methyl sites for hydroxylation is 1. The zero-order valence-corrected chi connectivity index (χ0v) is 39.2. The molecule has 5 aromatic rings. The number of fused-ring (bicyclic) bond motifs is 2. The molecule has 8 rings (SSSR count). The summed E-state index contributed by atoms with van der Waals surface area (Å²) in [7, 11) is 0. The summed E-state index contributed by atoms with van der Waals surface area (Å²) in [5, 5.41) is 0. The number of rotatable bonds is 12. The average molecular weight is 827 g/mol. The maximum atomic E-state index is 3.85. The first-order chi connectivity index (χ1) is 30.6. The third-order valence-corrected chi connectivity index (χ3v) is 14.0. The molecule has 0 heteroatoms. The molecule has 0 nitrogen and oxygen atoms in total. The van der Waals surface area contributed by atoms with Crippen molar-refractivity contribution in [1.29, 1.82) is 0 Å².